The highest BCUT2D eigenvalue weighted by atomic mass is 16.1. The quantitative estimate of drug-likeness (QED) is 0.874. The summed E-state index contributed by atoms with van der Waals surface area (Å²) >= 11 is 0. The molecule has 1 atom stereocenters. The average molecular weight is 342 g/mol. The fourth-order valence-corrected chi connectivity index (χ4v) is 3.28. The van der Waals surface area contributed by atoms with Crippen molar-refractivity contribution in [1.82, 2.24) is 19.9 Å². The minimum absolute atomic E-state index is 0.0368. The lowest BCUT2D eigenvalue weighted by Crippen LogP contribution is -2.47. The van der Waals surface area contributed by atoms with Gasteiger partial charge in [-0.3, -0.25) is 9.78 Å². The molecule has 0 saturated carbocycles. The van der Waals surface area contributed by atoms with Crippen LogP contribution in [-0.4, -0.2) is 47.8 Å². The van der Waals surface area contributed by atoms with E-state index in [2.05, 4.69) is 25.1 Å². The van der Waals surface area contributed by atoms with Gasteiger partial charge in [0.05, 0.1) is 0 Å². The predicted octanol–water partition coefficient (Wildman–Crippen LogP) is 1.000. The Balaban J connectivity index is 1.67. The number of anilines is 2. The van der Waals surface area contributed by atoms with Gasteiger partial charge in [-0.15, -0.1) is 0 Å². The molecule has 0 radical (unpaired) electrons. The van der Waals surface area contributed by atoms with E-state index in [0.717, 1.165) is 32.5 Å². The standard InChI is InChI=1S/C18H26N6O/c1-22(2)16-6-7-19-11-14(16)12-21-15-5-4-9-24(13-15)17-18(25)23(3)10-8-20-17/h6-8,10-11,15,21H,4-5,9,12-13H2,1-3H3/t15-/m1/s1. The van der Waals surface area contributed by atoms with E-state index in [1.54, 1.807) is 24.0 Å². The second-order valence-corrected chi connectivity index (χ2v) is 6.73. The molecule has 7 heteroatoms. The summed E-state index contributed by atoms with van der Waals surface area (Å²) in [5.41, 5.74) is 2.32. The molecular weight excluding hydrogens is 316 g/mol. The maximum Gasteiger partial charge on any atom is 0.293 e. The zero-order valence-corrected chi connectivity index (χ0v) is 15.1. The summed E-state index contributed by atoms with van der Waals surface area (Å²) in [4.78, 5) is 25.0. The number of pyridine rings is 1. The summed E-state index contributed by atoms with van der Waals surface area (Å²) in [6.45, 7) is 2.43. The summed E-state index contributed by atoms with van der Waals surface area (Å²) in [6.07, 6.45) is 9.26. The zero-order chi connectivity index (χ0) is 17.8. The van der Waals surface area contributed by atoms with Crippen LogP contribution in [0.5, 0.6) is 0 Å². The molecule has 1 aliphatic rings. The minimum Gasteiger partial charge on any atom is -0.377 e. The molecule has 0 aliphatic carbocycles. The monoisotopic (exact) mass is 342 g/mol. The van der Waals surface area contributed by atoms with Crippen LogP contribution < -0.4 is 20.7 Å². The highest BCUT2D eigenvalue weighted by Crippen LogP contribution is 2.18. The van der Waals surface area contributed by atoms with Crippen LogP contribution in [0.25, 0.3) is 0 Å². The van der Waals surface area contributed by atoms with Crippen molar-refractivity contribution in [2.24, 2.45) is 7.05 Å². The first kappa shape index (κ1) is 17.4. The van der Waals surface area contributed by atoms with Crippen molar-refractivity contribution in [3.05, 3.63) is 46.8 Å². The molecule has 7 nitrogen and oxygen atoms in total. The summed E-state index contributed by atoms with van der Waals surface area (Å²) in [5, 5.41) is 3.62. The molecule has 25 heavy (non-hydrogen) atoms. The lowest BCUT2D eigenvalue weighted by Gasteiger charge is -2.34. The van der Waals surface area contributed by atoms with E-state index < -0.39 is 0 Å². The van der Waals surface area contributed by atoms with Gasteiger partial charge in [0.25, 0.3) is 5.56 Å². The second-order valence-electron chi connectivity index (χ2n) is 6.73. The van der Waals surface area contributed by atoms with Crippen molar-refractivity contribution >= 4 is 11.5 Å². The Labute approximate surface area is 148 Å². The number of piperidine rings is 1. The highest BCUT2D eigenvalue weighted by Gasteiger charge is 2.23. The number of hydrogen-bond acceptors (Lipinski definition) is 6. The molecule has 3 heterocycles. The topological polar surface area (TPSA) is 66.3 Å². The van der Waals surface area contributed by atoms with Gasteiger partial charge in [-0.25, -0.2) is 4.98 Å². The fraction of sp³-hybridized carbons (Fsp3) is 0.500. The molecule has 0 aromatic carbocycles. The van der Waals surface area contributed by atoms with E-state index in [4.69, 9.17) is 0 Å². The van der Waals surface area contributed by atoms with Gasteiger partial charge < -0.3 is 19.7 Å². The van der Waals surface area contributed by atoms with Crippen LogP contribution in [0.3, 0.4) is 0 Å². The van der Waals surface area contributed by atoms with Crippen molar-refractivity contribution in [3.8, 4) is 0 Å². The smallest absolute Gasteiger partial charge is 0.293 e. The van der Waals surface area contributed by atoms with E-state index in [-0.39, 0.29) is 5.56 Å². The predicted molar refractivity (Wildman–Crippen MR) is 100 cm³/mol. The molecule has 1 saturated heterocycles. The summed E-state index contributed by atoms with van der Waals surface area (Å²) in [6, 6.07) is 2.36. The van der Waals surface area contributed by atoms with Gasteiger partial charge in [-0.2, -0.15) is 0 Å². The third kappa shape index (κ3) is 3.99. The molecule has 0 unspecified atom stereocenters. The van der Waals surface area contributed by atoms with Crippen LogP contribution >= 0.6 is 0 Å². The summed E-state index contributed by atoms with van der Waals surface area (Å²) < 4.78 is 1.58. The average Bonchev–Trinajstić information content (AvgIpc) is 2.62. The first-order chi connectivity index (χ1) is 12.1. The maximum absolute atomic E-state index is 12.3. The summed E-state index contributed by atoms with van der Waals surface area (Å²) in [5.74, 6) is 0.548. The van der Waals surface area contributed by atoms with Crippen LogP contribution in [0.15, 0.2) is 35.6 Å². The molecule has 3 rings (SSSR count). The number of hydrogen-bond donors (Lipinski definition) is 1. The number of nitrogens with zero attached hydrogens (tertiary/aromatic N) is 5. The molecule has 1 fully saturated rings. The lowest BCUT2D eigenvalue weighted by atomic mass is 10.1. The maximum atomic E-state index is 12.3. The van der Waals surface area contributed by atoms with Crippen LogP contribution in [0.2, 0.25) is 0 Å². The second kappa shape index (κ2) is 7.65. The Morgan fingerprint density at radius 2 is 2.20 bits per heavy atom. The fourth-order valence-electron chi connectivity index (χ4n) is 3.28. The summed E-state index contributed by atoms with van der Waals surface area (Å²) in [7, 11) is 5.84. The van der Waals surface area contributed by atoms with Crippen molar-refractivity contribution in [3.63, 3.8) is 0 Å². The van der Waals surface area contributed by atoms with Crippen molar-refractivity contribution in [2.75, 3.05) is 37.0 Å². The van der Waals surface area contributed by atoms with E-state index in [9.17, 15) is 4.79 Å². The lowest BCUT2D eigenvalue weighted by molar-refractivity contribution is 0.419. The number of aryl methyl sites for hydroxylation is 1. The largest absolute Gasteiger partial charge is 0.377 e. The van der Waals surface area contributed by atoms with Gasteiger partial charge in [0.1, 0.15) is 0 Å². The Morgan fingerprint density at radius 1 is 1.36 bits per heavy atom. The van der Waals surface area contributed by atoms with Gasteiger partial charge in [0, 0.05) is 82.9 Å². The molecule has 134 valence electrons. The Kier molecular flexibility index (Phi) is 5.33. The first-order valence-corrected chi connectivity index (χ1v) is 8.66. The molecule has 0 amide bonds. The van der Waals surface area contributed by atoms with Crippen LogP contribution in [-0.2, 0) is 13.6 Å². The number of rotatable bonds is 5. The number of aromatic nitrogens is 3. The van der Waals surface area contributed by atoms with Gasteiger partial charge >= 0.3 is 0 Å². The van der Waals surface area contributed by atoms with Gasteiger partial charge in [-0.1, -0.05) is 0 Å². The molecule has 0 bridgehead atoms. The third-order valence-corrected chi connectivity index (χ3v) is 4.66. The highest BCUT2D eigenvalue weighted by molar-refractivity contribution is 5.50. The molecule has 1 aliphatic heterocycles. The van der Waals surface area contributed by atoms with Crippen molar-refractivity contribution in [2.45, 2.75) is 25.4 Å². The Morgan fingerprint density at radius 3 is 3.00 bits per heavy atom. The van der Waals surface area contributed by atoms with Gasteiger partial charge in [0.15, 0.2) is 5.82 Å². The van der Waals surface area contributed by atoms with E-state index in [0.29, 0.717) is 11.9 Å². The molecule has 2 aromatic heterocycles. The van der Waals surface area contributed by atoms with Crippen LogP contribution in [0, 0.1) is 0 Å². The molecule has 0 spiro atoms. The Bertz CT molecular complexity index is 772. The van der Waals surface area contributed by atoms with Crippen molar-refractivity contribution < 1.29 is 0 Å². The molecular formula is C18H26N6O. The third-order valence-electron chi connectivity index (χ3n) is 4.66. The van der Waals surface area contributed by atoms with Crippen molar-refractivity contribution in [1.29, 1.82) is 0 Å². The van der Waals surface area contributed by atoms with E-state index in [1.165, 1.54) is 11.3 Å². The first-order valence-electron chi connectivity index (χ1n) is 8.66. The molecule has 2 aromatic rings. The minimum atomic E-state index is -0.0368. The van der Waals surface area contributed by atoms with Crippen LogP contribution in [0.1, 0.15) is 18.4 Å². The SMILES string of the molecule is CN(C)c1ccncc1CN[C@@H]1CCCN(c2nccn(C)c2=O)C1. The molecule has 1 N–H and O–H groups in total. The van der Waals surface area contributed by atoms with Crippen LogP contribution in [0.4, 0.5) is 11.5 Å². The zero-order valence-electron chi connectivity index (χ0n) is 15.1. The van der Waals surface area contributed by atoms with E-state index >= 15 is 0 Å². The van der Waals surface area contributed by atoms with E-state index in [1.807, 2.05) is 32.6 Å². The normalized spacial score (nSPS) is 17.6. The van der Waals surface area contributed by atoms with Gasteiger partial charge in [-0.05, 0) is 18.9 Å². The van der Waals surface area contributed by atoms with Gasteiger partial charge in [0.2, 0.25) is 0 Å². The number of nitrogens with one attached hydrogen (secondary N) is 1. The Hall–Kier alpha value is -2.41.